The molecule has 2 N–H and O–H groups in total. The molecule has 0 spiro atoms. The van der Waals surface area contributed by atoms with E-state index < -0.39 is 17.8 Å². The summed E-state index contributed by atoms with van der Waals surface area (Å²) in [6.07, 6.45) is -2.80. The number of halogens is 5. The average Bonchev–Trinajstić information content (AvgIpc) is 2.79. The van der Waals surface area contributed by atoms with Gasteiger partial charge >= 0.3 is 6.18 Å². The molecule has 0 saturated carbocycles. The zero-order valence-corrected chi connectivity index (χ0v) is 17.9. The Bertz CT molecular complexity index is 597. The van der Waals surface area contributed by atoms with E-state index in [1.807, 2.05) is 18.7 Å². The molecule has 1 saturated heterocycles. The number of amides is 1. The molecule has 0 bridgehead atoms. The van der Waals surface area contributed by atoms with Crippen molar-refractivity contribution in [3.05, 3.63) is 35.4 Å². The molecule has 0 radical (unpaired) electrons. The van der Waals surface area contributed by atoms with Crippen molar-refractivity contribution < 1.29 is 18.0 Å². The van der Waals surface area contributed by atoms with Crippen LogP contribution in [0.15, 0.2) is 24.3 Å². The number of rotatable bonds is 5. The molecule has 1 aromatic carbocycles. The third-order valence-electron chi connectivity index (χ3n) is 4.63. The predicted molar refractivity (Wildman–Crippen MR) is 110 cm³/mol. The molecule has 1 aromatic rings. The lowest BCUT2D eigenvalue weighted by atomic mass is 10.0. The summed E-state index contributed by atoms with van der Waals surface area (Å²) >= 11 is 0. The van der Waals surface area contributed by atoms with Crippen LogP contribution in [0.4, 0.5) is 13.2 Å². The van der Waals surface area contributed by atoms with Gasteiger partial charge in [0.15, 0.2) is 0 Å². The van der Waals surface area contributed by atoms with Crippen molar-refractivity contribution in [3.8, 4) is 0 Å². The van der Waals surface area contributed by atoms with Crippen molar-refractivity contribution in [1.82, 2.24) is 9.80 Å². The quantitative estimate of drug-likeness (QED) is 0.748. The number of benzene rings is 1. The summed E-state index contributed by atoms with van der Waals surface area (Å²) in [7, 11) is 0. The zero-order valence-electron chi connectivity index (χ0n) is 16.2. The second-order valence-corrected chi connectivity index (χ2v) is 7.39. The standard InChI is InChI=1S/C19H28F3N3O.2ClH/c1-14(2)12-17(23)18(26)25-9-3-8-24(10-11-25)13-15-4-6-16(7-5-15)19(20,21)22;;/h4-7,14,17H,3,8-13,23H2,1-2H3;2*1H/t17-;;/m0../s1. The van der Waals surface area contributed by atoms with Crippen LogP contribution in [0.2, 0.25) is 0 Å². The summed E-state index contributed by atoms with van der Waals surface area (Å²) in [5, 5.41) is 0. The summed E-state index contributed by atoms with van der Waals surface area (Å²) in [6.45, 7) is 7.45. The van der Waals surface area contributed by atoms with Gasteiger partial charge in [0.2, 0.25) is 5.91 Å². The number of carbonyl (C=O) groups is 1. The molecule has 1 atom stereocenters. The lowest BCUT2D eigenvalue weighted by molar-refractivity contribution is -0.137. The van der Waals surface area contributed by atoms with Crippen LogP contribution in [0.5, 0.6) is 0 Å². The third kappa shape index (κ3) is 8.15. The van der Waals surface area contributed by atoms with E-state index in [0.29, 0.717) is 38.5 Å². The van der Waals surface area contributed by atoms with Crippen LogP contribution in [-0.4, -0.2) is 47.9 Å². The Hall–Kier alpha value is -1.02. The molecule has 0 unspecified atom stereocenters. The molecule has 9 heteroatoms. The molecular weight excluding hydrogens is 414 g/mol. The Kier molecular flexibility index (Phi) is 11.4. The van der Waals surface area contributed by atoms with Gasteiger partial charge in [-0.1, -0.05) is 26.0 Å². The minimum atomic E-state index is -4.31. The van der Waals surface area contributed by atoms with Crippen LogP contribution in [0.3, 0.4) is 0 Å². The SMILES string of the molecule is CC(C)C[C@H](N)C(=O)N1CCCN(Cc2ccc(C(F)(F)F)cc2)CC1.Cl.Cl. The van der Waals surface area contributed by atoms with E-state index in [1.54, 1.807) is 0 Å². The van der Waals surface area contributed by atoms with Gasteiger partial charge in [-0.15, -0.1) is 24.8 Å². The molecule has 162 valence electrons. The summed E-state index contributed by atoms with van der Waals surface area (Å²) in [4.78, 5) is 16.4. The smallest absolute Gasteiger partial charge is 0.340 e. The minimum absolute atomic E-state index is 0. The van der Waals surface area contributed by atoms with Crippen LogP contribution in [0.1, 0.15) is 37.8 Å². The largest absolute Gasteiger partial charge is 0.416 e. The fourth-order valence-electron chi connectivity index (χ4n) is 3.25. The maximum atomic E-state index is 12.6. The Morgan fingerprint density at radius 1 is 1.07 bits per heavy atom. The highest BCUT2D eigenvalue weighted by Gasteiger charge is 2.30. The van der Waals surface area contributed by atoms with Crippen molar-refractivity contribution in [3.63, 3.8) is 0 Å². The van der Waals surface area contributed by atoms with Crippen LogP contribution in [0, 0.1) is 5.92 Å². The molecule has 2 rings (SSSR count). The van der Waals surface area contributed by atoms with Crippen molar-refractivity contribution in [2.24, 2.45) is 11.7 Å². The minimum Gasteiger partial charge on any atom is -0.340 e. The molecular formula is C19H30Cl2F3N3O. The van der Waals surface area contributed by atoms with Crippen LogP contribution in [0.25, 0.3) is 0 Å². The van der Waals surface area contributed by atoms with Crippen LogP contribution in [-0.2, 0) is 17.5 Å². The van der Waals surface area contributed by atoms with E-state index in [-0.39, 0.29) is 30.7 Å². The van der Waals surface area contributed by atoms with Crippen molar-refractivity contribution in [1.29, 1.82) is 0 Å². The lowest BCUT2D eigenvalue weighted by Gasteiger charge is -2.25. The molecule has 0 aromatic heterocycles. The van der Waals surface area contributed by atoms with Gasteiger partial charge in [-0.05, 0) is 36.5 Å². The third-order valence-corrected chi connectivity index (χ3v) is 4.63. The number of nitrogens with zero attached hydrogens (tertiary/aromatic N) is 2. The molecule has 28 heavy (non-hydrogen) atoms. The fourth-order valence-corrected chi connectivity index (χ4v) is 3.25. The van der Waals surface area contributed by atoms with Crippen LogP contribution < -0.4 is 5.73 Å². The summed E-state index contributed by atoms with van der Waals surface area (Å²) in [5.74, 6) is 0.368. The fraction of sp³-hybridized carbons (Fsp3) is 0.632. The Labute approximate surface area is 177 Å². The predicted octanol–water partition coefficient (Wildman–Crippen LogP) is 3.96. The summed E-state index contributed by atoms with van der Waals surface area (Å²) in [5.41, 5.74) is 6.22. The van der Waals surface area contributed by atoms with E-state index in [2.05, 4.69) is 4.90 Å². The first kappa shape index (κ1) is 27.0. The van der Waals surface area contributed by atoms with Gasteiger partial charge < -0.3 is 10.6 Å². The first-order valence-corrected chi connectivity index (χ1v) is 9.09. The number of hydrogen-bond donors (Lipinski definition) is 1. The highest BCUT2D eigenvalue weighted by atomic mass is 35.5. The van der Waals surface area contributed by atoms with Gasteiger partial charge in [0.1, 0.15) is 0 Å². The van der Waals surface area contributed by atoms with Gasteiger partial charge in [0.25, 0.3) is 0 Å². The maximum Gasteiger partial charge on any atom is 0.416 e. The van der Waals surface area contributed by atoms with Crippen molar-refractivity contribution in [2.45, 2.75) is 45.5 Å². The number of nitrogens with two attached hydrogens (primary N) is 1. The maximum absolute atomic E-state index is 12.6. The first-order chi connectivity index (χ1) is 12.2. The topological polar surface area (TPSA) is 49.6 Å². The molecule has 1 fully saturated rings. The van der Waals surface area contributed by atoms with Gasteiger partial charge in [-0.3, -0.25) is 9.69 Å². The lowest BCUT2D eigenvalue weighted by Crippen LogP contribution is -2.45. The van der Waals surface area contributed by atoms with Gasteiger partial charge in [0.05, 0.1) is 11.6 Å². The molecule has 1 aliphatic heterocycles. The molecule has 4 nitrogen and oxygen atoms in total. The monoisotopic (exact) mass is 443 g/mol. The highest BCUT2D eigenvalue weighted by molar-refractivity contribution is 5.85. The second kappa shape index (κ2) is 11.9. The number of hydrogen-bond acceptors (Lipinski definition) is 3. The van der Waals surface area contributed by atoms with E-state index in [4.69, 9.17) is 5.73 Å². The molecule has 0 aliphatic carbocycles. The van der Waals surface area contributed by atoms with Gasteiger partial charge in [0, 0.05) is 32.7 Å². The van der Waals surface area contributed by atoms with E-state index >= 15 is 0 Å². The Morgan fingerprint density at radius 3 is 2.21 bits per heavy atom. The number of alkyl halides is 3. The Balaban J connectivity index is 0.00000364. The summed E-state index contributed by atoms with van der Waals surface area (Å²) in [6, 6.07) is 4.82. The Morgan fingerprint density at radius 2 is 1.68 bits per heavy atom. The van der Waals surface area contributed by atoms with Gasteiger partial charge in [-0.25, -0.2) is 0 Å². The van der Waals surface area contributed by atoms with E-state index in [0.717, 1.165) is 30.7 Å². The first-order valence-electron chi connectivity index (χ1n) is 9.09. The van der Waals surface area contributed by atoms with Crippen LogP contribution >= 0.6 is 24.8 Å². The molecule has 1 amide bonds. The molecule has 1 heterocycles. The normalized spacial score (nSPS) is 16.8. The zero-order chi connectivity index (χ0) is 19.3. The summed E-state index contributed by atoms with van der Waals surface area (Å²) < 4.78 is 37.9. The van der Waals surface area contributed by atoms with Crippen molar-refractivity contribution in [2.75, 3.05) is 26.2 Å². The van der Waals surface area contributed by atoms with Crippen molar-refractivity contribution >= 4 is 30.7 Å². The van der Waals surface area contributed by atoms with E-state index in [1.165, 1.54) is 12.1 Å². The van der Waals surface area contributed by atoms with E-state index in [9.17, 15) is 18.0 Å². The van der Waals surface area contributed by atoms with Gasteiger partial charge in [-0.2, -0.15) is 13.2 Å². The second-order valence-electron chi connectivity index (χ2n) is 7.39. The average molecular weight is 444 g/mol. The number of carbonyl (C=O) groups excluding carboxylic acids is 1. The molecule has 1 aliphatic rings. The highest BCUT2D eigenvalue weighted by Crippen LogP contribution is 2.29.